The van der Waals surface area contributed by atoms with Gasteiger partial charge in [0.05, 0.1) is 12.2 Å². The lowest BCUT2D eigenvalue weighted by atomic mass is 10.1. The van der Waals surface area contributed by atoms with Crippen molar-refractivity contribution < 1.29 is 14.3 Å². The minimum Gasteiger partial charge on any atom is -0.492 e. The van der Waals surface area contributed by atoms with Crippen molar-refractivity contribution in [2.75, 3.05) is 26.0 Å². The predicted octanol–water partition coefficient (Wildman–Crippen LogP) is 5.22. The van der Waals surface area contributed by atoms with Gasteiger partial charge in [0.2, 0.25) is 5.91 Å². The number of aryl methyl sites for hydroxylation is 1. The Morgan fingerprint density at radius 1 is 0.943 bits per heavy atom. The number of hydrogen-bond donors (Lipinski definition) is 2. The third-order valence-electron chi connectivity index (χ3n) is 5.24. The maximum atomic E-state index is 12.9. The standard InChI is InChI=1S/C27H28BrN3O3S/c1-31(2)25(32)15-10-20-8-12-22(13-9-20)29-27(35)30-26(33)23-18-21(28)11-14-24(23)34-17-16-19-6-4-3-5-7-19/h3-9,11-14,18H,10,15-17H2,1-2H3,(H2,29,30,33,35). The van der Waals surface area contributed by atoms with Crippen LogP contribution in [0, 0.1) is 0 Å². The Balaban J connectivity index is 1.55. The Kier molecular flexibility index (Phi) is 9.81. The summed E-state index contributed by atoms with van der Waals surface area (Å²) < 4.78 is 6.68. The SMILES string of the molecule is CN(C)C(=O)CCc1ccc(NC(=S)NC(=O)c2cc(Br)ccc2OCCc2ccccc2)cc1. The van der Waals surface area contributed by atoms with Crippen molar-refractivity contribution in [1.29, 1.82) is 0 Å². The van der Waals surface area contributed by atoms with E-state index in [0.717, 1.165) is 27.7 Å². The molecule has 0 radical (unpaired) electrons. The quantitative estimate of drug-likeness (QED) is 0.355. The highest BCUT2D eigenvalue weighted by atomic mass is 79.9. The molecule has 3 rings (SSSR count). The fourth-order valence-electron chi connectivity index (χ4n) is 3.29. The molecule has 182 valence electrons. The van der Waals surface area contributed by atoms with Crippen molar-refractivity contribution in [3.05, 3.63) is 94.0 Å². The number of anilines is 1. The minimum absolute atomic E-state index is 0.0899. The molecular formula is C27H28BrN3O3S. The van der Waals surface area contributed by atoms with Gasteiger partial charge in [-0.05, 0) is 60.1 Å². The van der Waals surface area contributed by atoms with E-state index in [1.54, 1.807) is 31.1 Å². The van der Waals surface area contributed by atoms with E-state index in [1.165, 1.54) is 0 Å². The lowest BCUT2D eigenvalue weighted by Gasteiger charge is -2.14. The first-order chi connectivity index (χ1) is 16.8. The van der Waals surface area contributed by atoms with Gasteiger partial charge in [-0.3, -0.25) is 14.9 Å². The second-order valence-electron chi connectivity index (χ2n) is 8.12. The molecule has 3 aromatic carbocycles. The van der Waals surface area contributed by atoms with Gasteiger partial charge in [-0.1, -0.05) is 58.4 Å². The Labute approximate surface area is 219 Å². The number of benzene rings is 3. The van der Waals surface area contributed by atoms with Crippen LogP contribution in [0.25, 0.3) is 0 Å². The topological polar surface area (TPSA) is 70.7 Å². The third kappa shape index (κ3) is 8.49. The zero-order valence-corrected chi connectivity index (χ0v) is 22.1. The first-order valence-corrected chi connectivity index (χ1v) is 12.4. The molecule has 2 N–H and O–H groups in total. The Hall–Kier alpha value is -3.23. The van der Waals surface area contributed by atoms with Gasteiger partial charge < -0.3 is 15.0 Å². The fourth-order valence-corrected chi connectivity index (χ4v) is 3.86. The van der Waals surface area contributed by atoms with Crippen LogP contribution in [-0.4, -0.2) is 42.5 Å². The van der Waals surface area contributed by atoms with Crippen LogP contribution in [0.1, 0.15) is 27.9 Å². The van der Waals surface area contributed by atoms with Gasteiger partial charge >= 0.3 is 0 Å². The first-order valence-electron chi connectivity index (χ1n) is 11.2. The molecule has 0 saturated heterocycles. The van der Waals surface area contributed by atoms with Crippen LogP contribution in [0.2, 0.25) is 0 Å². The van der Waals surface area contributed by atoms with Crippen molar-refractivity contribution in [3.8, 4) is 5.75 Å². The number of thiocarbonyl (C=S) groups is 1. The number of rotatable bonds is 9. The number of hydrogen-bond acceptors (Lipinski definition) is 4. The van der Waals surface area contributed by atoms with Crippen molar-refractivity contribution >= 4 is 50.8 Å². The first kappa shape index (κ1) is 26.4. The molecule has 0 saturated carbocycles. The predicted molar refractivity (Wildman–Crippen MR) is 147 cm³/mol. The summed E-state index contributed by atoms with van der Waals surface area (Å²) in [5.41, 5.74) is 3.34. The molecule has 0 unspecified atom stereocenters. The molecule has 0 spiro atoms. The Bertz CT molecular complexity index is 1170. The smallest absolute Gasteiger partial charge is 0.261 e. The van der Waals surface area contributed by atoms with E-state index < -0.39 is 0 Å². The van der Waals surface area contributed by atoms with Crippen LogP contribution < -0.4 is 15.4 Å². The Morgan fingerprint density at radius 3 is 2.31 bits per heavy atom. The number of ether oxygens (including phenoxy) is 1. The van der Waals surface area contributed by atoms with Crippen LogP contribution in [-0.2, 0) is 17.6 Å². The maximum absolute atomic E-state index is 12.9. The molecule has 0 fully saturated rings. The molecule has 35 heavy (non-hydrogen) atoms. The van der Waals surface area contributed by atoms with E-state index in [2.05, 4.69) is 26.6 Å². The van der Waals surface area contributed by atoms with E-state index in [9.17, 15) is 9.59 Å². The van der Waals surface area contributed by atoms with Crippen molar-refractivity contribution in [1.82, 2.24) is 10.2 Å². The van der Waals surface area contributed by atoms with Gasteiger partial charge in [-0.25, -0.2) is 0 Å². The summed E-state index contributed by atoms with van der Waals surface area (Å²) in [5.74, 6) is 0.213. The summed E-state index contributed by atoms with van der Waals surface area (Å²) in [5, 5.41) is 5.92. The average molecular weight is 555 g/mol. The van der Waals surface area contributed by atoms with E-state index in [-0.39, 0.29) is 16.9 Å². The second-order valence-corrected chi connectivity index (χ2v) is 9.44. The maximum Gasteiger partial charge on any atom is 0.261 e. The van der Waals surface area contributed by atoms with Crippen LogP contribution in [0.5, 0.6) is 5.75 Å². The summed E-state index contributed by atoms with van der Waals surface area (Å²) in [6.07, 6.45) is 1.85. The summed E-state index contributed by atoms with van der Waals surface area (Å²) in [4.78, 5) is 26.3. The van der Waals surface area contributed by atoms with Gasteiger partial charge in [0, 0.05) is 37.1 Å². The normalized spacial score (nSPS) is 10.4. The van der Waals surface area contributed by atoms with Gasteiger partial charge in [-0.2, -0.15) is 0 Å². The zero-order chi connectivity index (χ0) is 25.2. The average Bonchev–Trinajstić information content (AvgIpc) is 2.84. The minimum atomic E-state index is -0.364. The van der Waals surface area contributed by atoms with Crippen LogP contribution >= 0.6 is 28.1 Å². The molecule has 0 aliphatic carbocycles. The lowest BCUT2D eigenvalue weighted by Crippen LogP contribution is -2.34. The molecule has 0 aliphatic heterocycles. The monoisotopic (exact) mass is 553 g/mol. The molecule has 6 nitrogen and oxygen atoms in total. The largest absolute Gasteiger partial charge is 0.492 e. The summed E-state index contributed by atoms with van der Waals surface area (Å²) in [6, 6.07) is 22.9. The molecule has 0 aromatic heterocycles. The number of carbonyl (C=O) groups excluding carboxylic acids is 2. The van der Waals surface area contributed by atoms with Gasteiger partial charge in [0.15, 0.2) is 5.11 Å². The van der Waals surface area contributed by atoms with E-state index in [1.807, 2.05) is 60.7 Å². The number of nitrogens with zero attached hydrogens (tertiary/aromatic N) is 1. The molecular weight excluding hydrogens is 526 g/mol. The fraction of sp³-hybridized carbons (Fsp3) is 0.222. The highest BCUT2D eigenvalue weighted by Crippen LogP contribution is 2.24. The molecule has 0 bridgehead atoms. The lowest BCUT2D eigenvalue weighted by molar-refractivity contribution is -0.128. The highest BCUT2D eigenvalue weighted by Gasteiger charge is 2.15. The molecule has 3 aromatic rings. The summed E-state index contributed by atoms with van der Waals surface area (Å²) >= 11 is 8.76. The van der Waals surface area contributed by atoms with Crippen LogP contribution in [0.3, 0.4) is 0 Å². The van der Waals surface area contributed by atoms with Crippen molar-refractivity contribution in [3.63, 3.8) is 0 Å². The van der Waals surface area contributed by atoms with Crippen molar-refractivity contribution in [2.45, 2.75) is 19.3 Å². The van der Waals surface area contributed by atoms with E-state index in [0.29, 0.717) is 30.8 Å². The molecule has 0 heterocycles. The molecule has 2 amide bonds. The Morgan fingerprint density at radius 2 is 1.63 bits per heavy atom. The molecule has 8 heteroatoms. The van der Waals surface area contributed by atoms with Crippen molar-refractivity contribution in [2.24, 2.45) is 0 Å². The summed E-state index contributed by atoms with van der Waals surface area (Å²) in [6.45, 7) is 0.446. The van der Waals surface area contributed by atoms with E-state index in [4.69, 9.17) is 17.0 Å². The van der Waals surface area contributed by atoms with Crippen LogP contribution in [0.4, 0.5) is 5.69 Å². The number of halogens is 1. The van der Waals surface area contributed by atoms with Gasteiger partial charge in [0.25, 0.3) is 5.91 Å². The number of carbonyl (C=O) groups is 2. The zero-order valence-electron chi connectivity index (χ0n) is 19.7. The van der Waals surface area contributed by atoms with Gasteiger partial charge in [-0.15, -0.1) is 0 Å². The highest BCUT2D eigenvalue weighted by molar-refractivity contribution is 9.10. The number of nitrogens with one attached hydrogen (secondary N) is 2. The van der Waals surface area contributed by atoms with Crippen LogP contribution in [0.15, 0.2) is 77.3 Å². The molecule has 0 aliphatic rings. The van der Waals surface area contributed by atoms with Gasteiger partial charge in [0.1, 0.15) is 5.75 Å². The number of amides is 2. The third-order valence-corrected chi connectivity index (χ3v) is 5.94. The molecule has 0 atom stereocenters. The van der Waals surface area contributed by atoms with E-state index >= 15 is 0 Å². The second kappa shape index (κ2) is 13.0. The summed E-state index contributed by atoms with van der Waals surface area (Å²) in [7, 11) is 3.50.